The molecule has 1 aromatic carbocycles. The minimum atomic E-state index is -0.815. The van der Waals surface area contributed by atoms with Gasteiger partial charge in [-0.25, -0.2) is 0 Å². The van der Waals surface area contributed by atoms with Gasteiger partial charge in [0.05, 0.1) is 25.7 Å². The second-order valence-electron chi connectivity index (χ2n) is 5.96. The van der Waals surface area contributed by atoms with Gasteiger partial charge in [0.2, 0.25) is 0 Å². The van der Waals surface area contributed by atoms with Crippen molar-refractivity contribution in [3.8, 4) is 0 Å². The fourth-order valence-corrected chi connectivity index (χ4v) is 3.21. The van der Waals surface area contributed by atoms with Gasteiger partial charge in [0.1, 0.15) is 12.7 Å². The minimum absolute atomic E-state index is 0.0481. The van der Waals surface area contributed by atoms with Gasteiger partial charge in [0, 0.05) is 14.0 Å². The third-order valence-corrected chi connectivity index (χ3v) is 4.29. The van der Waals surface area contributed by atoms with E-state index in [1.54, 1.807) is 7.11 Å². The van der Waals surface area contributed by atoms with Crippen LogP contribution in [0.25, 0.3) is 0 Å². The Labute approximate surface area is 135 Å². The Morgan fingerprint density at radius 1 is 1.35 bits per heavy atom. The molecule has 0 radical (unpaired) electrons. The van der Waals surface area contributed by atoms with Crippen molar-refractivity contribution in [2.75, 3.05) is 26.9 Å². The highest BCUT2D eigenvalue weighted by Gasteiger charge is 2.60. The molecule has 0 aromatic heterocycles. The van der Waals surface area contributed by atoms with E-state index < -0.39 is 11.9 Å². The molecule has 6 heteroatoms. The molecule has 0 saturated carbocycles. The van der Waals surface area contributed by atoms with Gasteiger partial charge >= 0.3 is 5.97 Å². The highest BCUT2D eigenvalue weighted by molar-refractivity contribution is 5.66. The second-order valence-corrected chi connectivity index (χ2v) is 5.96. The van der Waals surface area contributed by atoms with Crippen LogP contribution in [-0.4, -0.2) is 50.9 Å². The van der Waals surface area contributed by atoms with E-state index in [9.17, 15) is 4.79 Å². The second kappa shape index (κ2) is 6.97. The summed E-state index contributed by atoms with van der Waals surface area (Å²) in [5.41, 5.74) is 0.263. The van der Waals surface area contributed by atoms with Gasteiger partial charge < -0.3 is 23.7 Å². The first-order valence-electron chi connectivity index (χ1n) is 7.72. The van der Waals surface area contributed by atoms with Crippen molar-refractivity contribution >= 4 is 5.97 Å². The zero-order chi connectivity index (χ0) is 16.3. The molecular weight excluding hydrogens is 300 g/mol. The molecule has 1 aromatic rings. The number of fused-ring (bicyclic) bond motifs is 2. The lowest BCUT2D eigenvalue weighted by Gasteiger charge is -2.37. The van der Waals surface area contributed by atoms with E-state index >= 15 is 0 Å². The summed E-state index contributed by atoms with van der Waals surface area (Å²) in [7, 11) is 1.60. The summed E-state index contributed by atoms with van der Waals surface area (Å²) in [6.45, 7) is 2.75. The van der Waals surface area contributed by atoms with Crippen LogP contribution in [-0.2, 0) is 35.1 Å². The zero-order valence-electron chi connectivity index (χ0n) is 13.4. The maximum Gasteiger partial charge on any atom is 0.302 e. The van der Waals surface area contributed by atoms with Crippen molar-refractivity contribution < 1.29 is 28.5 Å². The van der Waals surface area contributed by atoms with Crippen molar-refractivity contribution in [3.63, 3.8) is 0 Å². The number of rotatable bonds is 6. The molecule has 2 bridgehead atoms. The Hall–Kier alpha value is -1.47. The molecule has 6 nitrogen and oxygen atoms in total. The minimum Gasteiger partial charge on any atom is -0.463 e. The summed E-state index contributed by atoms with van der Waals surface area (Å²) in [5.74, 6) is -0.402. The third kappa shape index (κ3) is 3.40. The molecule has 2 aliphatic rings. The smallest absolute Gasteiger partial charge is 0.302 e. The summed E-state index contributed by atoms with van der Waals surface area (Å²) in [5, 5.41) is 0. The first-order chi connectivity index (χ1) is 11.1. The lowest BCUT2D eigenvalue weighted by atomic mass is 9.89. The molecule has 1 unspecified atom stereocenters. The van der Waals surface area contributed by atoms with Crippen LogP contribution < -0.4 is 0 Å². The van der Waals surface area contributed by atoms with Gasteiger partial charge in [-0.05, 0) is 5.56 Å². The number of methoxy groups -OCH3 is 1. The summed E-state index contributed by atoms with van der Waals surface area (Å²) in [6, 6.07) is 9.93. The molecule has 0 spiro atoms. The predicted molar refractivity (Wildman–Crippen MR) is 80.6 cm³/mol. The molecule has 126 valence electrons. The third-order valence-electron chi connectivity index (χ3n) is 4.29. The van der Waals surface area contributed by atoms with Crippen molar-refractivity contribution in [2.24, 2.45) is 5.92 Å². The van der Waals surface area contributed by atoms with E-state index in [1.165, 1.54) is 6.92 Å². The van der Waals surface area contributed by atoms with Crippen LogP contribution in [0.1, 0.15) is 12.5 Å². The lowest BCUT2D eigenvalue weighted by molar-refractivity contribution is -0.207. The van der Waals surface area contributed by atoms with E-state index in [0.29, 0.717) is 19.8 Å². The van der Waals surface area contributed by atoms with Gasteiger partial charge in [-0.2, -0.15) is 0 Å². The maximum atomic E-state index is 11.2. The van der Waals surface area contributed by atoms with Crippen LogP contribution in [0, 0.1) is 5.92 Å². The molecule has 0 amide bonds. The van der Waals surface area contributed by atoms with Gasteiger partial charge in [-0.3, -0.25) is 4.79 Å². The topological polar surface area (TPSA) is 63.2 Å². The number of carbonyl (C=O) groups is 1. The largest absolute Gasteiger partial charge is 0.463 e. The SMILES string of the molecule is CO[C@@H]1O[C@@]2(COC(C)=O)COCC1[C@H]2OCc1ccccc1. The first-order valence-corrected chi connectivity index (χ1v) is 7.72. The summed E-state index contributed by atoms with van der Waals surface area (Å²) >= 11 is 0. The average Bonchev–Trinajstić information content (AvgIpc) is 2.73. The van der Waals surface area contributed by atoms with Gasteiger partial charge in [-0.1, -0.05) is 30.3 Å². The van der Waals surface area contributed by atoms with E-state index in [2.05, 4.69) is 0 Å². The quantitative estimate of drug-likeness (QED) is 0.740. The highest BCUT2D eigenvalue weighted by Crippen LogP contribution is 2.42. The number of hydrogen-bond donors (Lipinski definition) is 0. The molecule has 2 saturated heterocycles. The Balaban J connectivity index is 1.75. The molecule has 3 rings (SSSR count). The number of benzene rings is 1. The fraction of sp³-hybridized carbons (Fsp3) is 0.588. The summed E-state index contributed by atoms with van der Waals surface area (Å²) in [6.07, 6.45) is -0.672. The predicted octanol–water partition coefficient (Wildman–Crippen LogP) is 1.52. The van der Waals surface area contributed by atoms with E-state index in [1.807, 2.05) is 30.3 Å². The normalized spacial score (nSPS) is 32.7. The number of esters is 1. The first kappa shape index (κ1) is 16.4. The molecule has 0 N–H and O–H groups in total. The van der Waals surface area contributed by atoms with E-state index in [4.69, 9.17) is 23.7 Å². The van der Waals surface area contributed by atoms with Crippen LogP contribution in [0.4, 0.5) is 0 Å². The van der Waals surface area contributed by atoms with Crippen molar-refractivity contribution in [2.45, 2.75) is 31.5 Å². The van der Waals surface area contributed by atoms with Gasteiger partial charge in [-0.15, -0.1) is 0 Å². The van der Waals surface area contributed by atoms with Gasteiger partial charge in [0.15, 0.2) is 11.9 Å². The number of carbonyl (C=O) groups excluding carboxylic acids is 1. The number of hydrogen-bond acceptors (Lipinski definition) is 6. The van der Waals surface area contributed by atoms with E-state index in [-0.39, 0.29) is 24.6 Å². The Morgan fingerprint density at radius 2 is 2.13 bits per heavy atom. The summed E-state index contributed by atoms with van der Waals surface area (Å²) < 4.78 is 28.4. The molecule has 4 atom stereocenters. The van der Waals surface area contributed by atoms with Crippen molar-refractivity contribution in [3.05, 3.63) is 35.9 Å². The summed E-state index contributed by atoms with van der Waals surface area (Å²) in [4.78, 5) is 11.2. The van der Waals surface area contributed by atoms with E-state index in [0.717, 1.165) is 5.56 Å². The molecular formula is C17H22O6. The Bertz CT molecular complexity index is 533. The molecule has 23 heavy (non-hydrogen) atoms. The zero-order valence-corrected chi connectivity index (χ0v) is 13.4. The Morgan fingerprint density at radius 3 is 2.83 bits per heavy atom. The average molecular weight is 322 g/mol. The monoisotopic (exact) mass is 322 g/mol. The molecule has 0 aliphatic carbocycles. The van der Waals surface area contributed by atoms with Crippen LogP contribution in [0.5, 0.6) is 0 Å². The van der Waals surface area contributed by atoms with Gasteiger partial charge in [0.25, 0.3) is 0 Å². The Kier molecular flexibility index (Phi) is 4.96. The highest BCUT2D eigenvalue weighted by atomic mass is 16.7. The van der Waals surface area contributed by atoms with Crippen LogP contribution in [0.15, 0.2) is 30.3 Å². The van der Waals surface area contributed by atoms with Crippen LogP contribution in [0.3, 0.4) is 0 Å². The molecule has 2 fully saturated rings. The fourth-order valence-electron chi connectivity index (χ4n) is 3.21. The van der Waals surface area contributed by atoms with Crippen molar-refractivity contribution in [1.29, 1.82) is 0 Å². The molecule has 2 aliphatic heterocycles. The molecule has 2 heterocycles. The van der Waals surface area contributed by atoms with Crippen LogP contribution >= 0.6 is 0 Å². The van der Waals surface area contributed by atoms with Crippen LogP contribution in [0.2, 0.25) is 0 Å². The number of ether oxygens (including phenoxy) is 5. The maximum absolute atomic E-state index is 11.2. The standard InChI is InChI=1S/C17H22O6/c1-12(18)22-11-17-10-20-9-14(16(19-2)23-17)15(17)21-8-13-6-4-3-5-7-13/h3-7,14-16H,8-11H2,1-2H3/t14?,15-,16-,17-/m1/s1. The lowest BCUT2D eigenvalue weighted by Crippen LogP contribution is -2.54. The van der Waals surface area contributed by atoms with Crippen molar-refractivity contribution in [1.82, 2.24) is 0 Å².